The lowest BCUT2D eigenvalue weighted by Gasteiger charge is -2.33. The first kappa shape index (κ1) is 19.9. The molecule has 0 saturated carbocycles. The van der Waals surface area contributed by atoms with E-state index in [1.54, 1.807) is 24.3 Å². The van der Waals surface area contributed by atoms with Crippen molar-refractivity contribution in [3.8, 4) is 0 Å². The van der Waals surface area contributed by atoms with Crippen LogP contribution < -0.4 is 5.32 Å². The van der Waals surface area contributed by atoms with Crippen LogP contribution in [0.1, 0.15) is 23.1 Å². The van der Waals surface area contributed by atoms with Crippen molar-refractivity contribution in [3.63, 3.8) is 0 Å². The summed E-state index contributed by atoms with van der Waals surface area (Å²) in [6.07, 6.45) is 0.195. The van der Waals surface area contributed by atoms with E-state index < -0.39 is 6.03 Å². The Morgan fingerprint density at radius 1 is 1.11 bits per heavy atom. The molecule has 1 aliphatic heterocycles. The second-order valence-electron chi connectivity index (χ2n) is 6.99. The molecule has 0 atom stereocenters. The van der Waals surface area contributed by atoms with E-state index in [0.29, 0.717) is 10.7 Å². The van der Waals surface area contributed by atoms with Gasteiger partial charge in [0.25, 0.3) is 0 Å². The summed E-state index contributed by atoms with van der Waals surface area (Å²) in [6, 6.07) is 12.3. The second-order valence-corrected chi connectivity index (χ2v) is 7.42. The SMILES string of the molecule is Cc1cc(C)cc(CN2C(=O)CCN(CC(=O)Nc3cccc(Cl)c3)C2=O)c1. The van der Waals surface area contributed by atoms with Crippen LogP contribution in [0.5, 0.6) is 0 Å². The number of nitrogens with one attached hydrogen (secondary N) is 1. The molecule has 1 saturated heterocycles. The number of carbonyl (C=O) groups is 3. The van der Waals surface area contributed by atoms with Crippen molar-refractivity contribution in [2.75, 3.05) is 18.4 Å². The molecule has 0 bridgehead atoms. The number of urea groups is 1. The summed E-state index contributed by atoms with van der Waals surface area (Å²) in [5.74, 6) is -0.563. The van der Waals surface area contributed by atoms with Gasteiger partial charge in [0, 0.05) is 23.7 Å². The van der Waals surface area contributed by atoms with Gasteiger partial charge in [-0.2, -0.15) is 0 Å². The third kappa shape index (κ3) is 4.89. The first-order valence-corrected chi connectivity index (χ1v) is 9.41. The van der Waals surface area contributed by atoms with Gasteiger partial charge in [-0.15, -0.1) is 0 Å². The van der Waals surface area contributed by atoms with E-state index in [1.165, 1.54) is 9.80 Å². The molecule has 2 aromatic rings. The van der Waals surface area contributed by atoms with Crippen molar-refractivity contribution in [1.29, 1.82) is 0 Å². The average Bonchev–Trinajstić information content (AvgIpc) is 2.60. The summed E-state index contributed by atoms with van der Waals surface area (Å²) in [5, 5.41) is 3.23. The zero-order chi connectivity index (χ0) is 20.3. The average molecular weight is 400 g/mol. The summed E-state index contributed by atoms with van der Waals surface area (Å²) in [5.41, 5.74) is 3.60. The second kappa shape index (κ2) is 8.44. The number of amides is 4. The molecule has 0 aromatic heterocycles. The molecule has 1 heterocycles. The number of nitrogens with zero attached hydrogens (tertiary/aromatic N) is 2. The van der Waals surface area contributed by atoms with Gasteiger partial charge in [-0.3, -0.25) is 14.5 Å². The fraction of sp³-hybridized carbons (Fsp3) is 0.286. The molecule has 1 N–H and O–H groups in total. The topological polar surface area (TPSA) is 69.7 Å². The molecule has 146 valence electrons. The predicted molar refractivity (Wildman–Crippen MR) is 108 cm³/mol. The third-order valence-corrected chi connectivity index (χ3v) is 4.70. The summed E-state index contributed by atoms with van der Waals surface area (Å²) < 4.78 is 0. The number of hydrogen-bond donors (Lipinski definition) is 1. The lowest BCUT2D eigenvalue weighted by molar-refractivity contribution is -0.132. The fourth-order valence-electron chi connectivity index (χ4n) is 3.32. The summed E-state index contributed by atoms with van der Waals surface area (Å²) in [7, 11) is 0. The van der Waals surface area contributed by atoms with E-state index in [1.807, 2.05) is 32.0 Å². The Bertz CT molecular complexity index is 909. The highest BCUT2D eigenvalue weighted by molar-refractivity contribution is 6.30. The largest absolute Gasteiger partial charge is 0.327 e. The first-order chi connectivity index (χ1) is 13.3. The van der Waals surface area contributed by atoms with Crippen LogP contribution in [-0.2, 0) is 16.1 Å². The number of halogens is 1. The number of aryl methyl sites for hydroxylation is 2. The van der Waals surface area contributed by atoms with E-state index >= 15 is 0 Å². The number of imide groups is 1. The van der Waals surface area contributed by atoms with Crippen LogP contribution in [0.15, 0.2) is 42.5 Å². The molecular formula is C21H22ClN3O3. The van der Waals surface area contributed by atoms with Crippen molar-refractivity contribution in [1.82, 2.24) is 9.80 Å². The van der Waals surface area contributed by atoms with Crippen molar-refractivity contribution in [2.24, 2.45) is 0 Å². The Morgan fingerprint density at radius 3 is 2.50 bits per heavy atom. The van der Waals surface area contributed by atoms with E-state index in [0.717, 1.165) is 16.7 Å². The van der Waals surface area contributed by atoms with Gasteiger partial charge < -0.3 is 10.2 Å². The number of hydrogen-bond acceptors (Lipinski definition) is 3. The number of benzene rings is 2. The zero-order valence-corrected chi connectivity index (χ0v) is 16.6. The van der Waals surface area contributed by atoms with Gasteiger partial charge in [0.2, 0.25) is 11.8 Å². The van der Waals surface area contributed by atoms with Crippen molar-refractivity contribution in [3.05, 3.63) is 64.2 Å². The standard InChI is InChI=1S/C21H22ClN3O3/c1-14-8-15(2)10-16(9-14)12-25-20(27)6-7-24(21(25)28)13-19(26)23-18-5-3-4-17(22)11-18/h3-5,8-11H,6-7,12-13H2,1-2H3,(H,23,26). The minimum Gasteiger partial charge on any atom is -0.324 e. The smallest absolute Gasteiger partial charge is 0.324 e. The lowest BCUT2D eigenvalue weighted by atomic mass is 10.1. The van der Waals surface area contributed by atoms with E-state index in [9.17, 15) is 14.4 Å². The Kier molecular flexibility index (Phi) is 5.99. The van der Waals surface area contributed by atoms with Gasteiger partial charge in [0.15, 0.2) is 0 Å². The number of carbonyl (C=O) groups excluding carboxylic acids is 3. The highest BCUT2D eigenvalue weighted by Crippen LogP contribution is 2.18. The molecule has 1 fully saturated rings. The third-order valence-electron chi connectivity index (χ3n) is 4.46. The van der Waals surface area contributed by atoms with Crippen LogP contribution in [0.2, 0.25) is 5.02 Å². The summed E-state index contributed by atoms with van der Waals surface area (Å²) >= 11 is 5.92. The maximum atomic E-state index is 12.8. The molecule has 0 spiro atoms. The molecule has 4 amide bonds. The molecule has 7 heteroatoms. The minimum absolute atomic E-state index is 0.123. The Labute approximate surface area is 169 Å². The molecule has 0 aliphatic carbocycles. The van der Waals surface area contributed by atoms with Crippen LogP contribution >= 0.6 is 11.6 Å². The monoisotopic (exact) mass is 399 g/mol. The van der Waals surface area contributed by atoms with Crippen molar-refractivity contribution >= 4 is 35.1 Å². The molecule has 2 aromatic carbocycles. The molecule has 1 aliphatic rings. The Hall–Kier alpha value is -2.86. The van der Waals surface area contributed by atoms with Gasteiger partial charge in [-0.05, 0) is 37.6 Å². The van der Waals surface area contributed by atoms with Gasteiger partial charge in [-0.25, -0.2) is 4.79 Å². The zero-order valence-electron chi connectivity index (χ0n) is 15.9. The van der Waals surface area contributed by atoms with Crippen LogP contribution in [0, 0.1) is 13.8 Å². The maximum absolute atomic E-state index is 12.8. The van der Waals surface area contributed by atoms with Crippen LogP contribution in [-0.4, -0.2) is 40.7 Å². The minimum atomic E-state index is -0.448. The Morgan fingerprint density at radius 2 is 1.82 bits per heavy atom. The van der Waals surface area contributed by atoms with Crippen molar-refractivity contribution in [2.45, 2.75) is 26.8 Å². The molecule has 28 heavy (non-hydrogen) atoms. The maximum Gasteiger partial charge on any atom is 0.327 e. The number of anilines is 1. The summed E-state index contributed by atoms with van der Waals surface area (Å²) in [6.45, 7) is 4.25. The first-order valence-electron chi connectivity index (χ1n) is 9.03. The molecule has 0 radical (unpaired) electrons. The van der Waals surface area contributed by atoms with Gasteiger partial charge in [0.05, 0.1) is 6.54 Å². The normalized spacial score (nSPS) is 14.4. The molecule has 0 unspecified atom stereocenters. The van der Waals surface area contributed by atoms with Crippen LogP contribution in [0.4, 0.5) is 10.5 Å². The molecular weight excluding hydrogens is 378 g/mol. The highest BCUT2D eigenvalue weighted by atomic mass is 35.5. The lowest BCUT2D eigenvalue weighted by Crippen LogP contribution is -2.53. The predicted octanol–water partition coefficient (Wildman–Crippen LogP) is 3.75. The van der Waals surface area contributed by atoms with Gasteiger partial charge in [-0.1, -0.05) is 47.0 Å². The number of rotatable bonds is 5. The van der Waals surface area contributed by atoms with Crippen LogP contribution in [0.3, 0.4) is 0 Å². The van der Waals surface area contributed by atoms with Gasteiger partial charge >= 0.3 is 6.03 Å². The quantitative estimate of drug-likeness (QED) is 0.832. The highest BCUT2D eigenvalue weighted by Gasteiger charge is 2.33. The Balaban J connectivity index is 1.67. The van der Waals surface area contributed by atoms with E-state index in [2.05, 4.69) is 5.32 Å². The van der Waals surface area contributed by atoms with Crippen molar-refractivity contribution < 1.29 is 14.4 Å². The van der Waals surface area contributed by atoms with E-state index in [-0.39, 0.29) is 37.9 Å². The van der Waals surface area contributed by atoms with Crippen LogP contribution in [0.25, 0.3) is 0 Å². The molecule has 3 rings (SSSR count). The fourth-order valence-corrected chi connectivity index (χ4v) is 3.51. The van der Waals surface area contributed by atoms with Gasteiger partial charge in [0.1, 0.15) is 6.54 Å². The summed E-state index contributed by atoms with van der Waals surface area (Å²) in [4.78, 5) is 40.0. The molecule has 6 nitrogen and oxygen atoms in total. The van der Waals surface area contributed by atoms with E-state index in [4.69, 9.17) is 11.6 Å².